The average molecular weight is 334 g/mol. The number of nitrogens with one attached hydrogen (secondary N) is 1. The smallest absolute Gasteiger partial charge is 0.303 e. The summed E-state index contributed by atoms with van der Waals surface area (Å²) in [6.07, 6.45) is 4.44. The molecule has 0 saturated carbocycles. The van der Waals surface area contributed by atoms with Crippen molar-refractivity contribution in [2.24, 2.45) is 0 Å². The van der Waals surface area contributed by atoms with Gasteiger partial charge in [0.15, 0.2) is 6.61 Å². The summed E-state index contributed by atoms with van der Waals surface area (Å²) in [5.74, 6) is 0.146. The van der Waals surface area contributed by atoms with Crippen molar-refractivity contribution in [2.45, 2.75) is 32.6 Å². The molecular weight excluding hydrogens is 308 g/mol. The predicted octanol–water partition coefficient (Wildman–Crippen LogP) is 2.13. The lowest BCUT2D eigenvalue weighted by Crippen LogP contribution is -2.30. The molecule has 1 aromatic rings. The standard InChI is InChI=1S/C18H26N2O4/c1-15(21)24-14-18(22)19-10-7-13-23-17-9-4-3-8-16(17)20-11-5-2-6-12-20/h3-4,8-9H,2,5-7,10-14H2,1H3,(H,19,22). The van der Waals surface area contributed by atoms with Gasteiger partial charge in [0.1, 0.15) is 5.75 Å². The zero-order valence-electron chi connectivity index (χ0n) is 14.3. The van der Waals surface area contributed by atoms with E-state index in [0.29, 0.717) is 19.6 Å². The molecule has 1 amide bonds. The Morgan fingerprint density at radius 2 is 1.92 bits per heavy atom. The molecule has 1 heterocycles. The zero-order valence-corrected chi connectivity index (χ0v) is 14.3. The molecular formula is C18H26N2O4. The highest BCUT2D eigenvalue weighted by Crippen LogP contribution is 2.30. The third kappa shape index (κ3) is 6.10. The highest BCUT2D eigenvalue weighted by molar-refractivity contribution is 5.79. The Balaban J connectivity index is 1.70. The average Bonchev–Trinajstić information content (AvgIpc) is 2.61. The number of nitrogens with zero attached hydrogens (tertiary/aromatic N) is 1. The molecule has 1 saturated heterocycles. The Hall–Kier alpha value is -2.24. The maximum Gasteiger partial charge on any atom is 0.303 e. The van der Waals surface area contributed by atoms with Crippen molar-refractivity contribution in [3.63, 3.8) is 0 Å². The Labute approximate surface area is 143 Å². The molecule has 1 aliphatic heterocycles. The largest absolute Gasteiger partial charge is 0.491 e. The van der Waals surface area contributed by atoms with Crippen LogP contribution in [0.15, 0.2) is 24.3 Å². The number of ether oxygens (including phenoxy) is 2. The number of para-hydroxylation sites is 2. The Bertz CT molecular complexity index is 542. The number of hydrogen-bond donors (Lipinski definition) is 1. The topological polar surface area (TPSA) is 67.9 Å². The van der Waals surface area contributed by atoms with Crippen molar-refractivity contribution < 1.29 is 19.1 Å². The summed E-state index contributed by atoms with van der Waals surface area (Å²) in [6.45, 7) is 4.22. The van der Waals surface area contributed by atoms with E-state index in [4.69, 9.17) is 4.74 Å². The normalized spacial score (nSPS) is 14.1. The summed E-state index contributed by atoms with van der Waals surface area (Å²) < 4.78 is 10.5. The van der Waals surface area contributed by atoms with Crippen LogP contribution in [0.2, 0.25) is 0 Å². The molecule has 2 rings (SSSR count). The molecule has 0 bridgehead atoms. The second-order valence-corrected chi connectivity index (χ2v) is 5.85. The van der Waals surface area contributed by atoms with Crippen molar-refractivity contribution in [2.75, 3.05) is 37.7 Å². The van der Waals surface area contributed by atoms with E-state index in [-0.39, 0.29) is 12.5 Å². The third-order valence-electron chi connectivity index (χ3n) is 3.87. The number of amides is 1. The molecule has 1 aliphatic rings. The van der Waals surface area contributed by atoms with Gasteiger partial charge in [-0.1, -0.05) is 12.1 Å². The van der Waals surface area contributed by atoms with Crippen LogP contribution in [0.3, 0.4) is 0 Å². The van der Waals surface area contributed by atoms with Crippen molar-refractivity contribution in [1.29, 1.82) is 0 Å². The van der Waals surface area contributed by atoms with Crippen molar-refractivity contribution in [3.8, 4) is 5.75 Å². The summed E-state index contributed by atoms with van der Waals surface area (Å²) >= 11 is 0. The van der Waals surface area contributed by atoms with Gasteiger partial charge in [-0.25, -0.2) is 0 Å². The molecule has 24 heavy (non-hydrogen) atoms. The number of esters is 1. The van der Waals surface area contributed by atoms with E-state index < -0.39 is 5.97 Å². The first kappa shape index (κ1) is 18.1. The van der Waals surface area contributed by atoms with E-state index in [1.54, 1.807) is 0 Å². The summed E-state index contributed by atoms with van der Waals surface area (Å²) in [6, 6.07) is 8.10. The van der Waals surface area contributed by atoms with Gasteiger partial charge in [-0.05, 0) is 37.8 Å². The Kier molecular flexibility index (Phi) is 7.39. The minimum Gasteiger partial charge on any atom is -0.491 e. The molecule has 1 N–H and O–H groups in total. The lowest BCUT2D eigenvalue weighted by molar-refractivity contribution is -0.146. The van der Waals surface area contributed by atoms with Gasteiger partial charge >= 0.3 is 5.97 Å². The van der Waals surface area contributed by atoms with Crippen LogP contribution in [-0.4, -0.2) is 44.7 Å². The predicted molar refractivity (Wildman–Crippen MR) is 92.3 cm³/mol. The summed E-state index contributed by atoms with van der Waals surface area (Å²) in [5.41, 5.74) is 1.15. The van der Waals surface area contributed by atoms with Crippen LogP contribution in [0.5, 0.6) is 5.75 Å². The highest BCUT2D eigenvalue weighted by atomic mass is 16.5. The first-order chi connectivity index (χ1) is 11.7. The molecule has 6 heteroatoms. The van der Waals surface area contributed by atoms with Crippen LogP contribution >= 0.6 is 0 Å². The molecule has 0 aliphatic carbocycles. The molecule has 0 unspecified atom stereocenters. The summed E-state index contributed by atoms with van der Waals surface area (Å²) in [5, 5.41) is 2.70. The van der Waals surface area contributed by atoms with E-state index in [1.165, 1.54) is 26.2 Å². The maximum atomic E-state index is 11.4. The minimum atomic E-state index is -0.456. The van der Waals surface area contributed by atoms with Gasteiger partial charge in [-0.2, -0.15) is 0 Å². The van der Waals surface area contributed by atoms with Gasteiger partial charge in [-0.15, -0.1) is 0 Å². The van der Waals surface area contributed by atoms with Gasteiger partial charge in [0.2, 0.25) is 0 Å². The van der Waals surface area contributed by atoms with Crippen LogP contribution in [0.25, 0.3) is 0 Å². The van der Waals surface area contributed by atoms with E-state index in [1.807, 2.05) is 18.2 Å². The first-order valence-electron chi connectivity index (χ1n) is 8.53. The van der Waals surface area contributed by atoms with E-state index in [9.17, 15) is 9.59 Å². The van der Waals surface area contributed by atoms with Crippen molar-refractivity contribution >= 4 is 17.6 Å². The van der Waals surface area contributed by atoms with Crippen molar-refractivity contribution in [1.82, 2.24) is 5.32 Å². The monoisotopic (exact) mass is 334 g/mol. The van der Waals surface area contributed by atoms with Crippen LogP contribution in [0, 0.1) is 0 Å². The molecule has 1 fully saturated rings. The first-order valence-corrected chi connectivity index (χ1v) is 8.53. The minimum absolute atomic E-state index is 0.228. The third-order valence-corrected chi connectivity index (χ3v) is 3.87. The van der Waals surface area contributed by atoms with E-state index in [2.05, 4.69) is 21.0 Å². The fraction of sp³-hybridized carbons (Fsp3) is 0.556. The number of rotatable bonds is 8. The van der Waals surface area contributed by atoms with E-state index >= 15 is 0 Å². The second-order valence-electron chi connectivity index (χ2n) is 5.85. The number of carbonyl (C=O) groups excluding carboxylic acids is 2. The molecule has 132 valence electrons. The van der Waals surface area contributed by atoms with Crippen molar-refractivity contribution in [3.05, 3.63) is 24.3 Å². The molecule has 0 atom stereocenters. The second kappa shape index (κ2) is 9.80. The number of benzene rings is 1. The summed E-state index contributed by atoms with van der Waals surface area (Å²) in [4.78, 5) is 24.4. The van der Waals surface area contributed by atoms with E-state index in [0.717, 1.165) is 24.5 Å². The van der Waals surface area contributed by atoms with Gasteiger partial charge in [0.25, 0.3) is 5.91 Å². The van der Waals surface area contributed by atoms with Gasteiger partial charge < -0.3 is 19.7 Å². The van der Waals surface area contributed by atoms with Crippen LogP contribution in [0.1, 0.15) is 32.6 Å². The van der Waals surface area contributed by atoms with Gasteiger partial charge in [0, 0.05) is 26.6 Å². The van der Waals surface area contributed by atoms with Crippen LogP contribution in [-0.2, 0) is 14.3 Å². The molecule has 0 aromatic heterocycles. The van der Waals surface area contributed by atoms with Gasteiger partial charge in [-0.3, -0.25) is 9.59 Å². The quantitative estimate of drug-likeness (QED) is 0.583. The number of hydrogen-bond acceptors (Lipinski definition) is 5. The molecule has 0 spiro atoms. The number of piperidine rings is 1. The fourth-order valence-electron chi connectivity index (χ4n) is 2.68. The fourth-order valence-corrected chi connectivity index (χ4v) is 2.68. The lowest BCUT2D eigenvalue weighted by atomic mass is 10.1. The molecule has 1 aromatic carbocycles. The molecule has 6 nitrogen and oxygen atoms in total. The molecule has 0 radical (unpaired) electrons. The number of anilines is 1. The SMILES string of the molecule is CC(=O)OCC(=O)NCCCOc1ccccc1N1CCCCC1. The Morgan fingerprint density at radius 3 is 2.67 bits per heavy atom. The van der Waals surface area contributed by atoms with Crippen LogP contribution < -0.4 is 15.0 Å². The maximum absolute atomic E-state index is 11.4. The Morgan fingerprint density at radius 1 is 1.17 bits per heavy atom. The summed E-state index contributed by atoms with van der Waals surface area (Å²) in [7, 11) is 0. The highest BCUT2D eigenvalue weighted by Gasteiger charge is 2.14. The van der Waals surface area contributed by atoms with Crippen LogP contribution in [0.4, 0.5) is 5.69 Å². The lowest BCUT2D eigenvalue weighted by Gasteiger charge is -2.30. The van der Waals surface area contributed by atoms with Gasteiger partial charge in [0.05, 0.1) is 12.3 Å². The zero-order chi connectivity index (χ0) is 17.2. The number of carbonyl (C=O) groups is 2.